The first kappa shape index (κ1) is 21.3. The van der Waals surface area contributed by atoms with E-state index in [1.54, 1.807) is 0 Å². The van der Waals surface area contributed by atoms with Gasteiger partial charge in [-0.3, -0.25) is 4.79 Å². The normalized spacial score (nSPS) is 19.1. The Morgan fingerprint density at radius 1 is 1.15 bits per heavy atom. The minimum Gasteiger partial charge on any atom is -0.462 e. The third kappa shape index (κ3) is 4.46. The third-order valence-corrected chi connectivity index (χ3v) is 6.12. The summed E-state index contributed by atoms with van der Waals surface area (Å²) in [5.74, 6) is -0.204. The highest BCUT2D eigenvalue weighted by Gasteiger charge is 2.52. The second kappa shape index (κ2) is 7.21. The summed E-state index contributed by atoms with van der Waals surface area (Å²) >= 11 is 1.50. The van der Waals surface area contributed by atoms with Crippen molar-refractivity contribution in [1.82, 2.24) is 0 Å². The third-order valence-electron chi connectivity index (χ3n) is 4.96. The molecule has 2 rings (SSSR count). The molecule has 26 heavy (non-hydrogen) atoms. The quantitative estimate of drug-likeness (QED) is 0.438. The Kier molecular flexibility index (Phi) is 5.92. The van der Waals surface area contributed by atoms with Gasteiger partial charge in [0.25, 0.3) is 0 Å². The van der Waals surface area contributed by atoms with Crippen LogP contribution in [0.1, 0.15) is 61.0 Å². The summed E-state index contributed by atoms with van der Waals surface area (Å²) in [6, 6.07) is 6.13. The Bertz CT molecular complexity index is 666. The summed E-state index contributed by atoms with van der Waals surface area (Å²) in [7, 11) is -0.377. The summed E-state index contributed by atoms with van der Waals surface area (Å²) in [4.78, 5) is 13.3. The molecule has 0 bridgehead atoms. The Labute approximate surface area is 162 Å². The van der Waals surface area contributed by atoms with E-state index in [4.69, 9.17) is 14.0 Å². The van der Waals surface area contributed by atoms with Crippen molar-refractivity contribution in [1.29, 1.82) is 0 Å². The molecule has 1 aromatic carbocycles. The molecule has 0 N–H and O–H groups in total. The minimum absolute atomic E-state index is 0.116. The summed E-state index contributed by atoms with van der Waals surface area (Å²) < 4.78 is 17.0. The first-order valence-electron chi connectivity index (χ1n) is 9.11. The number of hydrogen-bond donors (Lipinski definition) is 0. The average Bonchev–Trinajstić information content (AvgIpc) is 2.65. The van der Waals surface area contributed by atoms with Gasteiger partial charge in [-0.2, -0.15) is 0 Å². The average molecular weight is 378 g/mol. The van der Waals surface area contributed by atoms with E-state index in [0.717, 1.165) is 15.9 Å². The lowest BCUT2D eigenvalue weighted by Gasteiger charge is -2.32. The molecule has 1 aliphatic rings. The number of rotatable bonds is 5. The number of benzene rings is 1. The van der Waals surface area contributed by atoms with Crippen molar-refractivity contribution in [3.63, 3.8) is 0 Å². The van der Waals surface area contributed by atoms with Crippen molar-refractivity contribution in [2.45, 2.75) is 89.3 Å². The zero-order valence-corrected chi connectivity index (χ0v) is 18.2. The lowest BCUT2D eigenvalue weighted by atomic mass is 9.76. The molecule has 4 nitrogen and oxygen atoms in total. The SMILES string of the molecule is Cc1cc(SC(C)(C)C(=O)OC(C)C)ccc1B1OC(C)(C)C(C)(C)O1. The van der Waals surface area contributed by atoms with E-state index in [2.05, 4.69) is 33.8 Å². The predicted molar refractivity (Wildman–Crippen MR) is 108 cm³/mol. The fraction of sp³-hybridized carbons (Fsp3) is 0.650. The Morgan fingerprint density at radius 2 is 1.69 bits per heavy atom. The second-order valence-corrected chi connectivity index (χ2v) is 10.4. The van der Waals surface area contributed by atoms with Gasteiger partial charge in [0.15, 0.2) is 0 Å². The van der Waals surface area contributed by atoms with Gasteiger partial charge in [-0.25, -0.2) is 0 Å². The van der Waals surface area contributed by atoms with Crippen LogP contribution in [-0.2, 0) is 18.8 Å². The molecule has 1 saturated heterocycles. The van der Waals surface area contributed by atoms with Crippen LogP contribution >= 0.6 is 11.8 Å². The number of aryl methyl sites for hydroxylation is 1. The fourth-order valence-electron chi connectivity index (χ4n) is 2.64. The number of esters is 1. The van der Waals surface area contributed by atoms with Gasteiger partial charge in [0.05, 0.1) is 17.3 Å². The van der Waals surface area contributed by atoms with Gasteiger partial charge in [-0.1, -0.05) is 11.6 Å². The minimum atomic E-state index is -0.650. The highest BCUT2D eigenvalue weighted by atomic mass is 32.2. The lowest BCUT2D eigenvalue weighted by Crippen LogP contribution is -2.41. The van der Waals surface area contributed by atoms with Crippen LogP contribution < -0.4 is 5.46 Å². The molecule has 1 fully saturated rings. The van der Waals surface area contributed by atoms with Crippen LogP contribution in [0.3, 0.4) is 0 Å². The van der Waals surface area contributed by atoms with Crippen LogP contribution in [0.4, 0.5) is 0 Å². The molecule has 144 valence electrons. The summed E-state index contributed by atoms with van der Waals surface area (Å²) in [5, 5.41) is 0. The molecule has 0 aliphatic carbocycles. The number of thioether (sulfide) groups is 1. The van der Waals surface area contributed by atoms with Gasteiger partial charge in [0, 0.05) is 4.90 Å². The molecule has 0 saturated carbocycles. The Hall–Kier alpha value is -0.975. The predicted octanol–water partition coefficient (Wildman–Crippen LogP) is 4.12. The fourth-order valence-corrected chi connectivity index (χ4v) is 3.73. The standard InChI is InChI=1S/C20H31BO4S/c1-13(2)23-17(22)18(4,5)26-15-10-11-16(14(3)12-15)21-24-19(6,7)20(8,9)25-21/h10-13H,1-9H3. The van der Waals surface area contributed by atoms with E-state index >= 15 is 0 Å². The maximum atomic E-state index is 12.3. The largest absolute Gasteiger partial charge is 0.495 e. The smallest absolute Gasteiger partial charge is 0.462 e. The van der Waals surface area contributed by atoms with Crippen LogP contribution in [0.15, 0.2) is 23.1 Å². The molecular weight excluding hydrogens is 347 g/mol. The monoisotopic (exact) mass is 378 g/mol. The van der Waals surface area contributed by atoms with Gasteiger partial charge < -0.3 is 14.0 Å². The first-order chi connectivity index (χ1) is 11.7. The van der Waals surface area contributed by atoms with E-state index < -0.39 is 4.75 Å². The molecule has 0 amide bonds. The van der Waals surface area contributed by atoms with Crippen LogP contribution in [0.25, 0.3) is 0 Å². The summed E-state index contributed by atoms with van der Waals surface area (Å²) in [5.41, 5.74) is 1.39. The van der Waals surface area contributed by atoms with Crippen molar-refractivity contribution in [3.8, 4) is 0 Å². The molecular formula is C20H31BO4S. The van der Waals surface area contributed by atoms with Crippen LogP contribution in [0.2, 0.25) is 0 Å². The number of carbonyl (C=O) groups excluding carboxylic acids is 1. The highest BCUT2D eigenvalue weighted by molar-refractivity contribution is 8.01. The van der Waals surface area contributed by atoms with E-state index in [0.29, 0.717) is 0 Å². The van der Waals surface area contributed by atoms with Crippen molar-refractivity contribution >= 4 is 30.3 Å². The number of carbonyl (C=O) groups is 1. The molecule has 1 aliphatic heterocycles. The molecule has 0 atom stereocenters. The van der Waals surface area contributed by atoms with E-state index in [1.807, 2.05) is 46.8 Å². The highest BCUT2D eigenvalue weighted by Crippen LogP contribution is 2.38. The molecule has 6 heteroatoms. The molecule has 1 heterocycles. The molecule has 1 aromatic rings. The van der Waals surface area contributed by atoms with Gasteiger partial charge in [0.2, 0.25) is 0 Å². The molecule has 0 spiro atoms. The number of hydrogen-bond acceptors (Lipinski definition) is 5. The van der Waals surface area contributed by atoms with Crippen LogP contribution in [-0.4, -0.2) is 35.1 Å². The van der Waals surface area contributed by atoms with Crippen LogP contribution in [0.5, 0.6) is 0 Å². The van der Waals surface area contributed by atoms with Crippen molar-refractivity contribution in [3.05, 3.63) is 23.8 Å². The Morgan fingerprint density at radius 3 is 2.15 bits per heavy atom. The maximum absolute atomic E-state index is 12.3. The van der Waals surface area contributed by atoms with Gasteiger partial charge in [-0.05, 0) is 79.9 Å². The van der Waals surface area contributed by atoms with Crippen LogP contribution in [0, 0.1) is 6.92 Å². The van der Waals surface area contributed by atoms with Crippen molar-refractivity contribution in [2.75, 3.05) is 0 Å². The molecule has 0 unspecified atom stereocenters. The molecule has 0 radical (unpaired) electrons. The zero-order chi connectivity index (χ0) is 19.9. The van der Waals surface area contributed by atoms with E-state index in [-0.39, 0.29) is 30.4 Å². The summed E-state index contributed by atoms with van der Waals surface area (Å²) in [6.45, 7) is 17.8. The number of ether oxygens (including phenoxy) is 1. The molecule has 0 aromatic heterocycles. The van der Waals surface area contributed by atoms with Crippen molar-refractivity contribution in [2.24, 2.45) is 0 Å². The van der Waals surface area contributed by atoms with Crippen molar-refractivity contribution < 1.29 is 18.8 Å². The second-order valence-electron chi connectivity index (χ2n) is 8.67. The van der Waals surface area contributed by atoms with E-state index in [9.17, 15) is 4.79 Å². The zero-order valence-electron chi connectivity index (χ0n) is 17.4. The topological polar surface area (TPSA) is 44.8 Å². The van der Waals surface area contributed by atoms with Gasteiger partial charge in [0.1, 0.15) is 4.75 Å². The van der Waals surface area contributed by atoms with Gasteiger partial charge >= 0.3 is 13.1 Å². The maximum Gasteiger partial charge on any atom is 0.495 e. The summed E-state index contributed by atoms with van der Waals surface area (Å²) in [6.07, 6.45) is -0.116. The van der Waals surface area contributed by atoms with Gasteiger partial charge in [-0.15, -0.1) is 11.8 Å². The first-order valence-corrected chi connectivity index (χ1v) is 9.93. The van der Waals surface area contributed by atoms with E-state index in [1.165, 1.54) is 11.8 Å². The Balaban J connectivity index is 2.17. The lowest BCUT2D eigenvalue weighted by molar-refractivity contribution is -0.149.